The summed E-state index contributed by atoms with van der Waals surface area (Å²) in [7, 11) is 0. The molecule has 2 rings (SSSR count). The van der Waals surface area contributed by atoms with Crippen molar-refractivity contribution in [3.63, 3.8) is 0 Å². The van der Waals surface area contributed by atoms with Crippen LogP contribution in [0.2, 0.25) is 0 Å². The highest BCUT2D eigenvalue weighted by atomic mass is 127. The zero-order valence-electron chi connectivity index (χ0n) is 12.2. The van der Waals surface area contributed by atoms with Crippen molar-refractivity contribution in [3.8, 4) is 5.75 Å². The number of benzene rings is 1. The van der Waals surface area contributed by atoms with E-state index < -0.39 is 0 Å². The Bertz CT molecular complexity index is 375. The van der Waals surface area contributed by atoms with Crippen molar-refractivity contribution in [2.45, 2.75) is 19.8 Å². The smallest absolute Gasteiger partial charge is 0.119 e. The molecule has 0 bridgehead atoms. The number of rotatable bonds is 7. The van der Waals surface area contributed by atoms with Crippen LogP contribution in [0.4, 0.5) is 0 Å². The van der Waals surface area contributed by atoms with Crippen molar-refractivity contribution in [3.05, 3.63) is 27.8 Å². The van der Waals surface area contributed by atoms with Crippen LogP contribution in [0.15, 0.2) is 24.3 Å². The molecule has 1 aromatic carbocycles. The molecule has 1 aliphatic heterocycles. The molecule has 1 fully saturated rings. The van der Waals surface area contributed by atoms with E-state index in [1.807, 2.05) is 12.1 Å². The highest BCUT2D eigenvalue weighted by Crippen LogP contribution is 2.13. The summed E-state index contributed by atoms with van der Waals surface area (Å²) in [5.41, 5.74) is 0. The average molecular weight is 390 g/mol. The van der Waals surface area contributed by atoms with Crippen LogP contribution >= 0.6 is 22.6 Å². The monoisotopic (exact) mass is 390 g/mol. The van der Waals surface area contributed by atoms with Gasteiger partial charge in [-0.15, -0.1) is 0 Å². The third kappa shape index (κ3) is 5.97. The summed E-state index contributed by atoms with van der Waals surface area (Å²) in [6.45, 7) is 8.27. The second-order valence-corrected chi connectivity index (χ2v) is 6.84. The molecule has 1 aliphatic rings. The van der Waals surface area contributed by atoms with Crippen LogP contribution in [0.25, 0.3) is 0 Å². The molecule has 3 nitrogen and oxygen atoms in total. The van der Waals surface area contributed by atoms with Gasteiger partial charge in [0.1, 0.15) is 18.9 Å². The Morgan fingerprint density at radius 3 is 2.50 bits per heavy atom. The molecule has 0 aliphatic carbocycles. The number of piperidine rings is 1. The minimum absolute atomic E-state index is 0.632. The summed E-state index contributed by atoms with van der Waals surface area (Å²) in [5.74, 6) is 1.84. The number of ether oxygens (including phenoxy) is 2. The van der Waals surface area contributed by atoms with Gasteiger partial charge in [-0.25, -0.2) is 0 Å². The average Bonchev–Trinajstić information content (AvgIpc) is 2.46. The topological polar surface area (TPSA) is 22.9 Å². The number of hydrogen-bond donors (Lipinski definition) is 1. The third-order valence-electron chi connectivity index (χ3n) is 3.89. The maximum atomic E-state index is 5.66. The first-order chi connectivity index (χ1) is 9.74. The van der Waals surface area contributed by atoms with Crippen LogP contribution in [0, 0.1) is 9.49 Å². The Kier molecular flexibility index (Phi) is 7.10. The molecule has 0 spiro atoms. The fourth-order valence-electron chi connectivity index (χ4n) is 2.49. The molecular weight excluding hydrogens is 365 g/mol. The van der Waals surface area contributed by atoms with E-state index in [4.69, 9.17) is 9.47 Å². The molecule has 1 N–H and O–H groups in total. The van der Waals surface area contributed by atoms with Crippen LogP contribution in [0.1, 0.15) is 19.8 Å². The molecule has 20 heavy (non-hydrogen) atoms. The second kappa shape index (κ2) is 8.85. The minimum Gasteiger partial charge on any atom is -0.491 e. The van der Waals surface area contributed by atoms with Crippen LogP contribution < -0.4 is 9.64 Å². The van der Waals surface area contributed by atoms with Gasteiger partial charge in [-0.2, -0.15) is 0 Å². The highest BCUT2D eigenvalue weighted by molar-refractivity contribution is 14.1. The molecule has 0 aromatic heterocycles. The molecule has 0 atom stereocenters. The highest BCUT2D eigenvalue weighted by Gasteiger charge is 2.17. The van der Waals surface area contributed by atoms with Gasteiger partial charge in [-0.3, -0.25) is 0 Å². The number of halogens is 1. The lowest BCUT2D eigenvalue weighted by Crippen LogP contribution is -3.13. The number of nitrogens with one attached hydrogen (secondary N) is 1. The molecule has 4 heteroatoms. The Labute approximate surface area is 135 Å². The molecular formula is C16H25INO2+. The fraction of sp³-hybridized carbons (Fsp3) is 0.625. The molecule has 0 saturated carbocycles. The maximum absolute atomic E-state index is 5.66. The Balaban J connectivity index is 1.48. The van der Waals surface area contributed by atoms with E-state index >= 15 is 0 Å². The molecule has 1 heterocycles. The predicted octanol–water partition coefficient (Wildman–Crippen LogP) is 2.00. The van der Waals surface area contributed by atoms with Gasteiger partial charge in [0, 0.05) is 3.57 Å². The van der Waals surface area contributed by atoms with Gasteiger partial charge < -0.3 is 14.4 Å². The van der Waals surface area contributed by atoms with Crippen LogP contribution in [-0.4, -0.2) is 39.5 Å². The first-order valence-electron chi connectivity index (χ1n) is 7.54. The summed E-state index contributed by atoms with van der Waals surface area (Å²) in [5, 5.41) is 0. The number of hydrogen-bond acceptors (Lipinski definition) is 2. The van der Waals surface area contributed by atoms with Gasteiger partial charge in [0.05, 0.1) is 26.3 Å². The van der Waals surface area contributed by atoms with E-state index in [-0.39, 0.29) is 0 Å². The SMILES string of the molecule is CC1CC[NH+](CCOCCOc2ccc(I)cc2)CC1. The Hall–Kier alpha value is -0.330. The van der Waals surface area contributed by atoms with E-state index in [0.717, 1.165) is 24.8 Å². The zero-order valence-corrected chi connectivity index (χ0v) is 14.4. The summed E-state index contributed by atoms with van der Waals surface area (Å²) in [6, 6.07) is 8.11. The first-order valence-corrected chi connectivity index (χ1v) is 8.61. The minimum atomic E-state index is 0.632. The number of likely N-dealkylation sites (tertiary alicyclic amines) is 1. The summed E-state index contributed by atoms with van der Waals surface area (Å²) >= 11 is 2.29. The van der Waals surface area contributed by atoms with Gasteiger partial charge in [-0.05, 0) is 65.6 Å². The van der Waals surface area contributed by atoms with E-state index in [2.05, 4.69) is 41.6 Å². The quantitative estimate of drug-likeness (QED) is 0.569. The second-order valence-electron chi connectivity index (χ2n) is 5.60. The van der Waals surface area contributed by atoms with E-state index in [1.54, 1.807) is 4.90 Å². The number of quaternary nitrogens is 1. The summed E-state index contributed by atoms with van der Waals surface area (Å²) in [6.07, 6.45) is 2.73. The van der Waals surface area contributed by atoms with Crippen molar-refractivity contribution < 1.29 is 14.4 Å². The Morgan fingerprint density at radius 2 is 1.80 bits per heavy atom. The van der Waals surface area contributed by atoms with E-state index in [1.165, 1.54) is 29.5 Å². The molecule has 0 unspecified atom stereocenters. The van der Waals surface area contributed by atoms with Crippen LogP contribution in [0.3, 0.4) is 0 Å². The van der Waals surface area contributed by atoms with Crippen LogP contribution in [-0.2, 0) is 4.74 Å². The fourth-order valence-corrected chi connectivity index (χ4v) is 2.85. The lowest BCUT2D eigenvalue weighted by atomic mass is 9.99. The molecule has 0 amide bonds. The largest absolute Gasteiger partial charge is 0.491 e. The zero-order chi connectivity index (χ0) is 14.2. The van der Waals surface area contributed by atoms with Crippen molar-refractivity contribution >= 4 is 22.6 Å². The summed E-state index contributed by atoms with van der Waals surface area (Å²) < 4.78 is 12.5. The lowest BCUT2D eigenvalue weighted by Gasteiger charge is -2.27. The van der Waals surface area contributed by atoms with Crippen molar-refractivity contribution in [2.24, 2.45) is 5.92 Å². The van der Waals surface area contributed by atoms with Gasteiger partial charge in [0.2, 0.25) is 0 Å². The predicted molar refractivity (Wildman–Crippen MR) is 89.4 cm³/mol. The molecule has 1 aromatic rings. The molecule has 0 radical (unpaired) electrons. The van der Waals surface area contributed by atoms with Gasteiger partial charge in [-0.1, -0.05) is 6.92 Å². The lowest BCUT2D eigenvalue weighted by molar-refractivity contribution is -0.906. The van der Waals surface area contributed by atoms with Crippen molar-refractivity contribution in [2.75, 3.05) is 39.5 Å². The van der Waals surface area contributed by atoms with Crippen molar-refractivity contribution in [1.29, 1.82) is 0 Å². The van der Waals surface area contributed by atoms with Crippen molar-refractivity contribution in [1.82, 2.24) is 0 Å². The maximum Gasteiger partial charge on any atom is 0.119 e. The van der Waals surface area contributed by atoms with Gasteiger partial charge in [0.25, 0.3) is 0 Å². The van der Waals surface area contributed by atoms with Gasteiger partial charge >= 0.3 is 0 Å². The Morgan fingerprint density at radius 1 is 1.10 bits per heavy atom. The third-order valence-corrected chi connectivity index (χ3v) is 4.61. The normalized spacial score (nSPS) is 22.7. The van der Waals surface area contributed by atoms with E-state index in [0.29, 0.717) is 13.2 Å². The van der Waals surface area contributed by atoms with Crippen LogP contribution in [0.5, 0.6) is 5.75 Å². The van der Waals surface area contributed by atoms with E-state index in [9.17, 15) is 0 Å². The molecule has 112 valence electrons. The summed E-state index contributed by atoms with van der Waals surface area (Å²) in [4.78, 5) is 1.70. The molecule has 1 saturated heterocycles. The first kappa shape index (κ1) is 16.0. The van der Waals surface area contributed by atoms with Gasteiger partial charge in [0.15, 0.2) is 0 Å². The standard InChI is InChI=1S/C16H24INO2/c1-14-6-8-18(9-7-14)10-11-19-12-13-20-16-4-2-15(17)3-5-16/h2-5,14H,6-13H2,1H3/p+1.